The van der Waals surface area contributed by atoms with E-state index in [1.165, 1.54) is 12.1 Å². The summed E-state index contributed by atoms with van der Waals surface area (Å²) in [4.78, 5) is 63.5. The molecule has 1 aliphatic rings. The van der Waals surface area contributed by atoms with Crippen LogP contribution in [0.3, 0.4) is 0 Å². The summed E-state index contributed by atoms with van der Waals surface area (Å²) in [6.07, 6.45) is -1.74. The average molecular weight is 744 g/mol. The Morgan fingerprint density at radius 3 is 2.11 bits per heavy atom. The number of aliphatic hydroxyl groups is 1. The second kappa shape index (κ2) is 18.4. The molecule has 6 amide bonds. The average Bonchev–Trinajstić information content (AvgIpc) is 3.44. The van der Waals surface area contributed by atoms with Gasteiger partial charge in [-0.05, 0) is 47.4 Å². The standard InChI is InChI=1S/C41H57N7O6/c1-29-16-15-21-32(42-29)26-45-22-23-47(38(45)52)35(41(5,6)7)36(50)43-33(24-30-17-11-9-12-18-30)34(49)27-46(25-31-19-13-10-14-20-31)44-37(51)48(39(53)54-8)28-40(2,3)4/h9-21,33-35,49H,22-28H2,1-8H3,(H,43,50)(H,44,51). The Morgan fingerprint density at radius 2 is 1.54 bits per heavy atom. The summed E-state index contributed by atoms with van der Waals surface area (Å²) < 4.78 is 4.93. The van der Waals surface area contributed by atoms with Crippen molar-refractivity contribution in [3.63, 3.8) is 0 Å². The van der Waals surface area contributed by atoms with E-state index >= 15 is 0 Å². The van der Waals surface area contributed by atoms with Gasteiger partial charge in [0.25, 0.3) is 0 Å². The largest absolute Gasteiger partial charge is 0.452 e. The fourth-order valence-corrected chi connectivity index (χ4v) is 6.59. The molecule has 0 aliphatic carbocycles. The third-order valence-electron chi connectivity index (χ3n) is 9.05. The van der Waals surface area contributed by atoms with E-state index in [1.807, 2.05) is 127 Å². The molecule has 4 rings (SSSR count). The van der Waals surface area contributed by atoms with Crippen LogP contribution in [0.5, 0.6) is 0 Å². The van der Waals surface area contributed by atoms with Gasteiger partial charge in [-0.15, -0.1) is 0 Å². The molecular formula is C41H57N7O6. The molecule has 0 radical (unpaired) electrons. The minimum absolute atomic E-state index is 0.0856. The zero-order valence-corrected chi connectivity index (χ0v) is 32.9. The van der Waals surface area contributed by atoms with Gasteiger partial charge in [-0.2, -0.15) is 0 Å². The Bertz CT molecular complexity index is 1710. The van der Waals surface area contributed by atoms with Crippen molar-refractivity contribution >= 4 is 24.1 Å². The lowest BCUT2D eigenvalue weighted by Gasteiger charge is -2.38. The van der Waals surface area contributed by atoms with E-state index < -0.39 is 47.0 Å². The van der Waals surface area contributed by atoms with Crippen LogP contribution >= 0.6 is 0 Å². The third kappa shape index (κ3) is 12.0. The molecule has 3 unspecified atom stereocenters. The smallest absolute Gasteiger partial charge is 0.417 e. The summed E-state index contributed by atoms with van der Waals surface area (Å²) in [6, 6.07) is 22.0. The van der Waals surface area contributed by atoms with Crippen LogP contribution in [-0.4, -0.2) is 105 Å². The molecule has 2 heterocycles. The molecule has 1 saturated heterocycles. The van der Waals surface area contributed by atoms with E-state index in [2.05, 4.69) is 15.7 Å². The summed E-state index contributed by atoms with van der Waals surface area (Å²) in [5.41, 5.74) is 5.10. The van der Waals surface area contributed by atoms with Crippen molar-refractivity contribution in [2.75, 3.05) is 33.3 Å². The van der Waals surface area contributed by atoms with Gasteiger partial charge in [-0.1, -0.05) is 108 Å². The van der Waals surface area contributed by atoms with Gasteiger partial charge in [0, 0.05) is 38.4 Å². The molecule has 13 nitrogen and oxygen atoms in total. The number of hydrazine groups is 1. The Balaban J connectivity index is 1.60. The van der Waals surface area contributed by atoms with Gasteiger partial charge in [0.15, 0.2) is 0 Å². The summed E-state index contributed by atoms with van der Waals surface area (Å²) in [7, 11) is 1.22. The number of ether oxygens (including phenoxy) is 1. The van der Waals surface area contributed by atoms with Gasteiger partial charge in [0.05, 0.1) is 31.5 Å². The lowest BCUT2D eigenvalue weighted by atomic mass is 9.84. The molecule has 1 aromatic heterocycles. The maximum Gasteiger partial charge on any atom is 0.417 e. The molecule has 0 saturated carbocycles. The number of carbonyl (C=O) groups is 4. The van der Waals surface area contributed by atoms with Crippen LogP contribution in [0.4, 0.5) is 14.4 Å². The first-order chi connectivity index (χ1) is 25.4. The van der Waals surface area contributed by atoms with Crippen LogP contribution in [0.15, 0.2) is 78.9 Å². The second-order valence-electron chi connectivity index (χ2n) is 16.2. The van der Waals surface area contributed by atoms with Crippen molar-refractivity contribution in [2.24, 2.45) is 10.8 Å². The molecule has 54 heavy (non-hydrogen) atoms. The number of pyridine rings is 1. The number of urea groups is 2. The van der Waals surface area contributed by atoms with E-state index in [9.17, 15) is 24.3 Å². The van der Waals surface area contributed by atoms with Crippen LogP contribution in [0.1, 0.15) is 64.1 Å². The van der Waals surface area contributed by atoms with E-state index in [0.717, 1.165) is 27.4 Å². The molecule has 0 spiro atoms. The molecule has 13 heteroatoms. The molecule has 1 fully saturated rings. The lowest BCUT2D eigenvalue weighted by molar-refractivity contribution is -0.130. The highest BCUT2D eigenvalue weighted by atomic mass is 16.5. The monoisotopic (exact) mass is 743 g/mol. The van der Waals surface area contributed by atoms with Crippen molar-refractivity contribution in [1.29, 1.82) is 0 Å². The molecule has 3 atom stereocenters. The number of nitrogens with zero attached hydrogens (tertiary/aromatic N) is 5. The Kier molecular flexibility index (Phi) is 14.2. The topological polar surface area (TPSA) is 148 Å². The molecule has 0 bridgehead atoms. The summed E-state index contributed by atoms with van der Waals surface area (Å²) >= 11 is 0. The number of hydrogen-bond donors (Lipinski definition) is 3. The highest BCUT2D eigenvalue weighted by Crippen LogP contribution is 2.29. The van der Waals surface area contributed by atoms with Gasteiger partial charge in [0.1, 0.15) is 6.04 Å². The summed E-state index contributed by atoms with van der Waals surface area (Å²) in [5, 5.41) is 16.6. The molecule has 1 aliphatic heterocycles. The highest BCUT2D eigenvalue weighted by Gasteiger charge is 2.44. The van der Waals surface area contributed by atoms with E-state index in [1.54, 1.807) is 9.80 Å². The van der Waals surface area contributed by atoms with Crippen molar-refractivity contribution < 1.29 is 29.0 Å². The number of aryl methyl sites for hydroxylation is 1. The van der Waals surface area contributed by atoms with Gasteiger partial charge in [-0.3, -0.25) is 15.2 Å². The quantitative estimate of drug-likeness (QED) is 0.187. The maximum absolute atomic E-state index is 14.4. The number of amides is 6. The predicted molar refractivity (Wildman–Crippen MR) is 207 cm³/mol. The minimum Gasteiger partial charge on any atom is -0.452 e. The van der Waals surface area contributed by atoms with E-state index in [0.29, 0.717) is 19.6 Å². The zero-order chi connectivity index (χ0) is 39.6. The number of methoxy groups -OCH3 is 1. The lowest BCUT2D eigenvalue weighted by Crippen LogP contribution is -2.60. The normalized spacial score (nSPS) is 15.1. The highest BCUT2D eigenvalue weighted by molar-refractivity contribution is 5.91. The van der Waals surface area contributed by atoms with Crippen LogP contribution < -0.4 is 10.7 Å². The number of carbonyl (C=O) groups excluding carboxylic acids is 4. The fraction of sp³-hybridized carbons (Fsp3) is 0.488. The minimum atomic E-state index is -1.20. The molecule has 292 valence electrons. The summed E-state index contributed by atoms with van der Waals surface area (Å²) in [5.74, 6) is -0.396. The molecule has 2 aromatic carbocycles. The van der Waals surface area contributed by atoms with Crippen molar-refractivity contribution in [3.8, 4) is 0 Å². The number of aliphatic hydroxyl groups excluding tert-OH is 1. The van der Waals surface area contributed by atoms with E-state index in [4.69, 9.17) is 4.74 Å². The number of aromatic nitrogens is 1. The number of rotatable bonds is 14. The first kappa shape index (κ1) is 41.7. The van der Waals surface area contributed by atoms with Gasteiger partial charge >= 0.3 is 18.2 Å². The van der Waals surface area contributed by atoms with Crippen molar-refractivity contribution in [3.05, 3.63) is 101 Å². The Labute approximate surface area is 319 Å². The van der Waals surface area contributed by atoms with Gasteiger partial charge in [-0.25, -0.2) is 24.3 Å². The number of hydrogen-bond acceptors (Lipinski definition) is 8. The van der Waals surface area contributed by atoms with Crippen molar-refractivity contribution in [2.45, 2.75) is 86.2 Å². The SMILES string of the molecule is COC(=O)N(CC(C)(C)C)C(=O)NN(Cc1ccccc1)CC(O)C(Cc1ccccc1)NC(=O)C(N1CCN(Cc2cccc(C)n2)C1=O)C(C)(C)C. The fourth-order valence-electron chi connectivity index (χ4n) is 6.59. The van der Waals surface area contributed by atoms with E-state index in [-0.39, 0.29) is 32.1 Å². The summed E-state index contributed by atoms with van der Waals surface area (Å²) in [6.45, 7) is 14.7. The zero-order valence-electron chi connectivity index (χ0n) is 32.9. The van der Waals surface area contributed by atoms with Crippen LogP contribution in [0, 0.1) is 17.8 Å². The first-order valence-corrected chi connectivity index (χ1v) is 18.4. The number of benzene rings is 2. The number of imide groups is 1. The maximum atomic E-state index is 14.4. The van der Waals surface area contributed by atoms with Crippen LogP contribution in [0.2, 0.25) is 0 Å². The van der Waals surface area contributed by atoms with Gasteiger partial charge in [0.2, 0.25) is 5.91 Å². The molecule has 3 N–H and O–H groups in total. The molecule has 3 aromatic rings. The predicted octanol–water partition coefficient (Wildman–Crippen LogP) is 5.37. The molecular weight excluding hydrogens is 686 g/mol. The second-order valence-corrected chi connectivity index (χ2v) is 16.2. The Morgan fingerprint density at radius 1 is 0.907 bits per heavy atom. The number of nitrogens with one attached hydrogen (secondary N) is 2. The Hall–Kier alpha value is -5.01. The van der Waals surface area contributed by atoms with Crippen molar-refractivity contribution in [1.82, 2.24) is 35.4 Å². The van der Waals surface area contributed by atoms with Gasteiger partial charge < -0.3 is 25.0 Å². The third-order valence-corrected chi connectivity index (χ3v) is 9.05. The van der Waals surface area contributed by atoms with Crippen LogP contribution in [-0.2, 0) is 29.0 Å². The first-order valence-electron chi connectivity index (χ1n) is 18.4. The van der Waals surface area contributed by atoms with Crippen LogP contribution in [0.25, 0.3) is 0 Å².